The average molecular weight is 357 g/mol. The number of aromatic nitrogens is 2. The number of non-ortho nitro benzene ring substituents is 1. The van der Waals surface area contributed by atoms with Gasteiger partial charge in [0.2, 0.25) is 0 Å². The lowest BCUT2D eigenvalue weighted by atomic mass is 10.2. The molecule has 2 aromatic carbocycles. The molecule has 4 rings (SSSR count). The van der Waals surface area contributed by atoms with Gasteiger partial charge in [-0.2, -0.15) is 5.10 Å². The number of para-hydroxylation sites is 1. The molecule has 0 saturated heterocycles. The molecule has 2 heterocycles. The first-order valence-electron chi connectivity index (χ1n) is 8.27. The highest BCUT2D eigenvalue weighted by Gasteiger charge is 2.06. The van der Waals surface area contributed by atoms with E-state index in [2.05, 4.69) is 15.5 Å². The summed E-state index contributed by atoms with van der Waals surface area (Å²) in [5, 5.41) is 16.2. The summed E-state index contributed by atoms with van der Waals surface area (Å²) in [6.07, 6.45) is 5.32. The first-order valence-corrected chi connectivity index (χ1v) is 8.27. The largest absolute Gasteiger partial charge is 0.316 e. The van der Waals surface area contributed by atoms with Gasteiger partial charge in [-0.15, -0.1) is 0 Å². The van der Waals surface area contributed by atoms with Gasteiger partial charge in [0.25, 0.3) is 5.69 Å². The Hall–Kier alpha value is -4.00. The Balaban J connectivity index is 1.57. The third-order valence-corrected chi connectivity index (χ3v) is 4.13. The second kappa shape index (κ2) is 7.09. The topological polar surface area (TPSA) is 85.3 Å². The number of fused-ring (bicyclic) bond motifs is 1. The first-order chi connectivity index (χ1) is 13.2. The van der Waals surface area contributed by atoms with Gasteiger partial charge in [0.05, 0.1) is 28.0 Å². The number of nitro benzene ring substituents is 1. The van der Waals surface area contributed by atoms with Crippen LogP contribution in [0.15, 0.2) is 84.2 Å². The first kappa shape index (κ1) is 16.5. The van der Waals surface area contributed by atoms with Crippen LogP contribution in [0, 0.1) is 10.1 Å². The summed E-state index contributed by atoms with van der Waals surface area (Å²) in [7, 11) is 0. The lowest BCUT2D eigenvalue weighted by molar-refractivity contribution is -0.384. The van der Waals surface area contributed by atoms with Crippen molar-refractivity contribution in [3.63, 3.8) is 0 Å². The monoisotopic (exact) mass is 357 g/mol. The second-order valence-electron chi connectivity index (χ2n) is 5.83. The summed E-state index contributed by atoms with van der Waals surface area (Å²) >= 11 is 0. The van der Waals surface area contributed by atoms with Crippen molar-refractivity contribution < 1.29 is 4.92 Å². The van der Waals surface area contributed by atoms with Crippen LogP contribution in [0.2, 0.25) is 0 Å². The number of benzene rings is 2. The van der Waals surface area contributed by atoms with Crippen LogP contribution in [0.4, 0.5) is 11.4 Å². The summed E-state index contributed by atoms with van der Waals surface area (Å²) in [5.41, 5.74) is 6.42. The van der Waals surface area contributed by atoms with E-state index >= 15 is 0 Å². The average Bonchev–Trinajstić information content (AvgIpc) is 3.17. The molecule has 1 N–H and O–H groups in total. The molecule has 4 aromatic rings. The van der Waals surface area contributed by atoms with Gasteiger partial charge in [-0.05, 0) is 36.4 Å². The van der Waals surface area contributed by atoms with Crippen LogP contribution < -0.4 is 5.43 Å². The minimum Gasteiger partial charge on any atom is -0.316 e. The van der Waals surface area contributed by atoms with Gasteiger partial charge in [-0.3, -0.25) is 20.5 Å². The number of nitrogens with zero attached hydrogens (tertiary/aromatic N) is 4. The molecule has 0 amide bonds. The standard InChI is InChI=1S/C20H15N5O2/c26-25(27)17-10-8-16(9-11-17)24-13-3-6-18(24)14-22-23-19-7-1-4-15-5-2-12-21-20(15)19/h1-14,23H. The highest BCUT2D eigenvalue weighted by Crippen LogP contribution is 2.21. The Bertz CT molecular complexity index is 1130. The van der Waals surface area contributed by atoms with Crippen LogP contribution in [0.1, 0.15) is 5.69 Å². The number of rotatable bonds is 5. The molecule has 0 bridgehead atoms. The Morgan fingerprint density at radius 1 is 1.04 bits per heavy atom. The zero-order valence-electron chi connectivity index (χ0n) is 14.2. The van der Waals surface area contributed by atoms with Crippen molar-refractivity contribution >= 4 is 28.5 Å². The van der Waals surface area contributed by atoms with Crippen molar-refractivity contribution in [3.05, 3.63) is 94.9 Å². The van der Waals surface area contributed by atoms with E-state index in [1.807, 2.05) is 53.2 Å². The van der Waals surface area contributed by atoms with E-state index < -0.39 is 4.92 Å². The lowest BCUT2D eigenvalue weighted by Crippen LogP contribution is -2.00. The molecular weight excluding hydrogens is 342 g/mol. The molecule has 0 spiro atoms. The van der Waals surface area contributed by atoms with Gasteiger partial charge in [0.1, 0.15) is 0 Å². The van der Waals surface area contributed by atoms with Crippen LogP contribution >= 0.6 is 0 Å². The third-order valence-electron chi connectivity index (χ3n) is 4.13. The SMILES string of the molecule is O=[N+]([O-])c1ccc(-n2cccc2C=NNc2cccc3cccnc23)cc1. The van der Waals surface area contributed by atoms with Crippen molar-refractivity contribution in [1.29, 1.82) is 0 Å². The molecule has 0 aliphatic rings. The fourth-order valence-electron chi connectivity index (χ4n) is 2.83. The summed E-state index contributed by atoms with van der Waals surface area (Å²) in [4.78, 5) is 14.8. The number of anilines is 1. The maximum atomic E-state index is 10.8. The van der Waals surface area contributed by atoms with Gasteiger partial charge >= 0.3 is 0 Å². The molecule has 0 saturated carbocycles. The predicted octanol–water partition coefficient (Wildman–Crippen LogP) is 4.38. The molecule has 7 nitrogen and oxygen atoms in total. The van der Waals surface area contributed by atoms with Gasteiger partial charge < -0.3 is 4.57 Å². The number of hydrogen-bond donors (Lipinski definition) is 1. The van der Waals surface area contributed by atoms with E-state index in [1.54, 1.807) is 24.5 Å². The Kier molecular flexibility index (Phi) is 4.32. The maximum Gasteiger partial charge on any atom is 0.269 e. The Labute approximate surface area is 154 Å². The van der Waals surface area contributed by atoms with Gasteiger partial charge in [0, 0.05) is 35.6 Å². The fourth-order valence-corrected chi connectivity index (χ4v) is 2.83. The van der Waals surface area contributed by atoms with E-state index in [4.69, 9.17) is 0 Å². The molecule has 2 aromatic heterocycles. The maximum absolute atomic E-state index is 10.8. The summed E-state index contributed by atoms with van der Waals surface area (Å²) in [6, 6.07) is 19.9. The quantitative estimate of drug-likeness (QED) is 0.326. The fraction of sp³-hybridized carbons (Fsp3) is 0. The number of nitro groups is 1. The van der Waals surface area contributed by atoms with Crippen molar-refractivity contribution in [1.82, 2.24) is 9.55 Å². The van der Waals surface area contributed by atoms with Crippen LogP contribution in [0.5, 0.6) is 0 Å². The third kappa shape index (κ3) is 3.38. The minimum absolute atomic E-state index is 0.0613. The van der Waals surface area contributed by atoms with Crippen molar-refractivity contribution in [2.75, 3.05) is 5.43 Å². The van der Waals surface area contributed by atoms with E-state index in [0.717, 1.165) is 28.0 Å². The van der Waals surface area contributed by atoms with Crippen LogP contribution in [0.3, 0.4) is 0 Å². The summed E-state index contributed by atoms with van der Waals surface area (Å²) in [6.45, 7) is 0. The van der Waals surface area contributed by atoms with Crippen LogP contribution in [0.25, 0.3) is 16.6 Å². The second-order valence-corrected chi connectivity index (χ2v) is 5.83. The zero-order valence-corrected chi connectivity index (χ0v) is 14.2. The molecule has 132 valence electrons. The van der Waals surface area contributed by atoms with Crippen molar-refractivity contribution in [3.8, 4) is 5.69 Å². The van der Waals surface area contributed by atoms with E-state index in [0.29, 0.717) is 0 Å². The molecule has 0 aliphatic carbocycles. The van der Waals surface area contributed by atoms with Gasteiger partial charge in [0.15, 0.2) is 0 Å². The van der Waals surface area contributed by atoms with Crippen LogP contribution in [-0.4, -0.2) is 20.7 Å². The van der Waals surface area contributed by atoms with E-state index in [9.17, 15) is 10.1 Å². The molecule has 0 unspecified atom stereocenters. The van der Waals surface area contributed by atoms with E-state index in [1.165, 1.54) is 12.1 Å². The van der Waals surface area contributed by atoms with Crippen LogP contribution in [-0.2, 0) is 0 Å². The molecule has 0 radical (unpaired) electrons. The van der Waals surface area contributed by atoms with Crippen molar-refractivity contribution in [2.45, 2.75) is 0 Å². The normalized spacial score (nSPS) is 11.1. The smallest absolute Gasteiger partial charge is 0.269 e. The summed E-state index contributed by atoms with van der Waals surface area (Å²) in [5.74, 6) is 0. The Morgan fingerprint density at radius 3 is 2.67 bits per heavy atom. The zero-order chi connectivity index (χ0) is 18.6. The highest BCUT2D eigenvalue weighted by atomic mass is 16.6. The molecule has 0 atom stereocenters. The molecule has 27 heavy (non-hydrogen) atoms. The van der Waals surface area contributed by atoms with Gasteiger partial charge in [-0.1, -0.05) is 18.2 Å². The Morgan fingerprint density at radius 2 is 1.85 bits per heavy atom. The minimum atomic E-state index is -0.413. The molecule has 0 aliphatic heterocycles. The number of pyridine rings is 1. The number of nitrogens with one attached hydrogen (secondary N) is 1. The molecule has 0 fully saturated rings. The number of hydrazone groups is 1. The van der Waals surface area contributed by atoms with E-state index in [-0.39, 0.29) is 5.69 Å². The summed E-state index contributed by atoms with van der Waals surface area (Å²) < 4.78 is 1.90. The van der Waals surface area contributed by atoms with Crippen molar-refractivity contribution in [2.24, 2.45) is 5.10 Å². The molecular formula is C20H15N5O2. The number of hydrogen-bond acceptors (Lipinski definition) is 5. The molecule has 7 heteroatoms. The predicted molar refractivity (Wildman–Crippen MR) is 105 cm³/mol. The lowest BCUT2D eigenvalue weighted by Gasteiger charge is -2.07. The van der Waals surface area contributed by atoms with Gasteiger partial charge in [-0.25, -0.2) is 0 Å². The highest BCUT2D eigenvalue weighted by molar-refractivity contribution is 5.90.